The second-order valence-electron chi connectivity index (χ2n) is 6.80. The fourth-order valence-electron chi connectivity index (χ4n) is 3.11. The van der Waals surface area contributed by atoms with Gasteiger partial charge in [-0.3, -0.25) is 4.79 Å². The summed E-state index contributed by atoms with van der Waals surface area (Å²) in [6.45, 7) is 7.47. The van der Waals surface area contributed by atoms with Crippen LogP contribution in [0.2, 0.25) is 0 Å². The molecule has 0 unspecified atom stereocenters. The van der Waals surface area contributed by atoms with E-state index in [4.69, 9.17) is 4.74 Å². The number of halogens is 3. The molecule has 0 amide bonds. The highest BCUT2D eigenvalue weighted by molar-refractivity contribution is 6.02. The molecule has 3 nitrogen and oxygen atoms in total. The zero-order valence-electron chi connectivity index (χ0n) is 16.3. The fourth-order valence-corrected chi connectivity index (χ4v) is 3.11. The molecule has 2 rings (SSSR count). The Kier molecular flexibility index (Phi) is 6.86. The molecule has 0 heterocycles. The standard InChI is InChI=1S/C23H22F3NO2/c1-4-22(15-27,16(2)17(3)29-14-18-8-6-5-7-9-18)21(28)19-10-12-20(13-11-19)23(24,25)26/h5-13,16H,3-4,14H2,1-2H3/t16-,22+/m0/s1. The van der Waals surface area contributed by atoms with Crippen molar-refractivity contribution >= 4 is 5.78 Å². The molecule has 2 aromatic carbocycles. The van der Waals surface area contributed by atoms with Crippen LogP contribution in [-0.2, 0) is 17.5 Å². The second-order valence-corrected chi connectivity index (χ2v) is 6.80. The van der Waals surface area contributed by atoms with Gasteiger partial charge in [-0.1, -0.05) is 62.9 Å². The molecule has 0 N–H and O–H groups in total. The smallest absolute Gasteiger partial charge is 0.416 e. The number of nitriles is 1. The van der Waals surface area contributed by atoms with Gasteiger partial charge < -0.3 is 4.74 Å². The van der Waals surface area contributed by atoms with Gasteiger partial charge in [0.25, 0.3) is 0 Å². The molecule has 2 aromatic rings. The maximum absolute atomic E-state index is 13.1. The van der Waals surface area contributed by atoms with Crippen LogP contribution in [0.5, 0.6) is 0 Å². The van der Waals surface area contributed by atoms with Crippen molar-refractivity contribution in [1.82, 2.24) is 0 Å². The van der Waals surface area contributed by atoms with Crippen molar-refractivity contribution in [2.75, 3.05) is 0 Å². The van der Waals surface area contributed by atoms with Gasteiger partial charge in [-0.05, 0) is 24.1 Å². The number of carbonyl (C=O) groups excluding carboxylic acids is 1. The molecule has 2 atom stereocenters. The zero-order chi connectivity index (χ0) is 21.7. The zero-order valence-corrected chi connectivity index (χ0v) is 16.3. The van der Waals surface area contributed by atoms with Gasteiger partial charge in [0, 0.05) is 11.5 Å². The van der Waals surface area contributed by atoms with E-state index >= 15 is 0 Å². The third-order valence-corrected chi connectivity index (χ3v) is 5.13. The van der Waals surface area contributed by atoms with Crippen molar-refractivity contribution in [1.29, 1.82) is 5.26 Å². The monoisotopic (exact) mass is 401 g/mol. The van der Waals surface area contributed by atoms with Crippen molar-refractivity contribution < 1.29 is 22.7 Å². The Balaban J connectivity index is 2.23. The molecule has 29 heavy (non-hydrogen) atoms. The van der Waals surface area contributed by atoms with Gasteiger partial charge in [0.15, 0.2) is 5.78 Å². The summed E-state index contributed by atoms with van der Waals surface area (Å²) in [5, 5.41) is 9.85. The minimum atomic E-state index is -4.49. The molecular formula is C23H22F3NO2. The Bertz CT molecular complexity index is 898. The summed E-state index contributed by atoms with van der Waals surface area (Å²) in [6, 6.07) is 15.3. The lowest BCUT2D eigenvalue weighted by atomic mass is 9.69. The lowest BCUT2D eigenvalue weighted by molar-refractivity contribution is -0.137. The first-order valence-corrected chi connectivity index (χ1v) is 9.14. The van der Waals surface area contributed by atoms with Crippen LogP contribution in [0.25, 0.3) is 0 Å². The van der Waals surface area contributed by atoms with Gasteiger partial charge in [-0.2, -0.15) is 18.4 Å². The van der Waals surface area contributed by atoms with E-state index in [1.165, 1.54) is 0 Å². The minimum Gasteiger partial charge on any atom is -0.494 e. The predicted octanol–water partition coefficient (Wildman–Crippen LogP) is 6.17. The molecule has 0 aliphatic heterocycles. The van der Waals surface area contributed by atoms with Crippen molar-refractivity contribution in [3.05, 3.63) is 83.6 Å². The predicted molar refractivity (Wildman–Crippen MR) is 104 cm³/mol. The van der Waals surface area contributed by atoms with E-state index in [0.717, 1.165) is 29.8 Å². The van der Waals surface area contributed by atoms with Crippen LogP contribution in [0.1, 0.15) is 41.8 Å². The highest BCUT2D eigenvalue weighted by Crippen LogP contribution is 2.39. The third kappa shape index (κ3) is 4.86. The number of allylic oxidation sites excluding steroid dienone is 1. The fraction of sp³-hybridized carbons (Fsp3) is 0.304. The number of ether oxygens (including phenoxy) is 1. The maximum Gasteiger partial charge on any atom is 0.416 e. The number of hydrogen-bond acceptors (Lipinski definition) is 3. The number of alkyl halides is 3. The van der Waals surface area contributed by atoms with Gasteiger partial charge in [0.1, 0.15) is 12.0 Å². The second kappa shape index (κ2) is 8.95. The lowest BCUT2D eigenvalue weighted by Gasteiger charge is -2.31. The van der Waals surface area contributed by atoms with Crippen molar-refractivity contribution in [3.8, 4) is 6.07 Å². The Hall–Kier alpha value is -3.07. The first kappa shape index (κ1) is 22.2. The number of carbonyl (C=O) groups is 1. The molecule has 0 bridgehead atoms. The largest absolute Gasteiger partial charge is 0.494 e. The van der Waals surface area contributed by atoms with Gasteiger partial charge in [-0.25, -0.2) is 0 Å². The topological polar surface area (TPSA) is 50.1 Å². The molecule has 0 aliphatic carbocycles. The van der Waals surface area contributed by atoms with Crippen molar-refractivity contribution in [3.63, 3.8) is 0 Å². The third-order valence-electron chi connectivity index (χ3n) is 5.13. The average molecular weight is 401 g/mol. The van der Waals surface area contributed by atoms with Gasteiger partial charge in [-0.15, -0.1) is 0 Å². The van der Waals surface area contributed by atoms with Crippen LogP contribution >= 0.6 is 0 Å². The summed E-state index contributed by atoms with van der Waals surface area (Å²) in [7, 11) is 0. The highest BCUT2D eigenvalue weighted by atomic mass is 19.4. The molecule has 0 saturated heterocycles. The summed E-state index contributed by atoms with van der Waals surface area (Å²) in [6.07, 6.45) is -4.33. The number of Topliss-reactive ketones (excluding diaryl/α,β-unsaturated/α-hetero) is 1. The molecule has 0 aromatic heterocycles. The van der Waals surface area contributed by atoms with E-state index in [0.29, 0.717) is 0 Å². The van der Waals surface area contributed by atoms with Crippen LogP contribution in [0.4, 0.5) is 13.2 Å². The van der Waals surface area contributed by atoms with Crippen molar-refractivity contribution in [2.45, 2.75) is 33.1 Å². The summed E-state index contributed by atoms with van der Waals surface area (Å²) in [5.74, 6) is -0.929. The maximum atomic E-state index is 13.1. The number of nitrogens with zero attached hydrogens (tertiary/aromatic N) is 1. The Morgan fingerprint density at radius 2 is 1.72 bits per heavy atom. The van der Waals surface area contributed by atoms with Crippen LogP contribution in [-0.4, -0.2) is 5.78 Å². The molecule has 0 spiro atoms. The SMILES string of the molecule is C=C(OCc1ccccc1)[C@H](C)[C@](C#N)(CC)C(=O)c1ccc(C(F)(F)F)cc1. The lowest BCUT2D eigenvalue weighted by Crippen LogP contribution is -2.37. The van der Waals surface area contributed by atoms with Crippen LogP contribution in [0.15, 0.2) is 66.9 Å². The van der Waals surface area contributed by atoms with E-state index in [1.807, 2.05) is 30.3 Å². The van der Waals surface area contributed by atoms with E-state index < -0.39 is 28.9 Å². The summed E-state index contributed by atoms with van der Waals surface area (Å²) >= 11 is 0. The van der Waals surface area contributed by atoms with Crippen LogP contribution in [0.3, 0.4) is 0 Å². The Labute approximate surface area is 168 Å². The summed E-state index contributed by atoms with van der Waals surface area (Å²) in [5.41, 5.74) is -1.39. The molecule has 0 fully saturated rings. The number of benzene rings is 2. The number of rotatable bonds is 8. The minimum absolute atomic E-state index is 0.0455. The first-order valence-electron chi connectivity index (χ1n) is 9.14. The molecule has 6 heteroatoms. The average Bonchev–Trinajstić information content (AvgIpc) is 2.73. The Morgan fingerprint density at radius 3 is 2.21 bits per heavy atom. The normalized spacial score (nSPS) is 14.3. The number of ketones is 1. The summed E-state index contributed by atoms with van der Waals surface area (Å²) in [4.78, 5) is 13.1. The van der Waals surface area contributed by atoms with E-state index in [9.17, 15) is 23.2 Å². The van der Waals surface area contributed by atoms with Gasteiger partial charge in [0.05, 0.1) is 17.4 Å². The van der Waals surface area contributed by atoms with Crippen molar-refractivity contribution in [2.24, 2.45) is 11.3 Å². The van der Waals surface area contributed by atoms with E-state index in [1.54, 1.807) is 13.8 Å². The van der Waals surface area contributed by atoms with Gasteiger partial charge >= 0.3 is 6.18 Å². The number of hydrogen-bond donors (Lipinski definition) is 0. The molecule has 152 valence electrons. The quantitative estimate of drug-likeness (QED) is 0.392. The molecule has 0 saturated carbocycles. The van der Waals surface area contributed by atoms with E-state index in [-0.39, 0.29) is 24.4 Å². The first-order chi connectivity index (χ1) is 13.7. The molecular weight excluding hydrogens is 379 g/mol. The van der Waals surface area contributed by atoms with Crippen LogP contribution < -0.4 is 0 Å². The molecule has 0 aliphatic rings. The summed E-state index contributed by atoms with van der Waals surface area (Å²) < 4.78 is 44.0. The highest BCUT2D eigenvalue weighted by Gasteiger charge is 2.45. The molecule has 0 radical (unpaired) electrons. The Morgan fingerprint density at radius 1 is 1.14 bits per heavy atom. The van der Waals surface area contributed by atoms with Crippen LogP contribution in [0, 0.1) is 22.7 Å². The van der Waals surface area contributed by atoms with Gasteiger partial charge in [0.2, 0.25) is 0 Å². The van der Waals surface area contributed by atoms with E-state index in [2.05, 4.69) is 12.6 Å².